The molecule has 2 aromatic heterocycles. The molecule has 1 aliphatic heterocycles. The van der Waals surface area contributed by atoms with E-state index in [-0.39, 0.29) is 27.6 Å². The fourth-order valence-electron chi connectivity index (χ4n) is 3.52. The van der Waals surface area contributed by atoms with Crippen molar-refractivity contribution in [3.05, 3.63) is 52.6 Å². The molecule has 1 amide bonds. The molecule has 0 unspecified atom stereocenters. The Bertz CT molecular complexity index is 1090. The summed E-state index contributed by atoms with van der Waals surface area (Å²) < 4.78 is 55.0. The van der Waals surface area contributed by atoms with Crippen LogP contribution < -0.4 is 0 Å². The zero-order valence-corrected chi connectivity index (χ0v) is 16.5. The summed E-state index contributed by atoms with van der Waals surface area (Å²) in [4.78, 5) is 18.7. The average molecular weight is 441 g/mol. The fraction of sp³-hybridized carbons (Fsp3) is 0.350. The molecule has 1 saturated heterocycles. The molecule has 5 nitrogen and oxygen atoms in total. The lowest BCUT2D eigenvalue weighted by molar-refractivity contribution is -0.142. The van der Waals surface area contributed by atoms with Crippen molar-refractivity contribution >= 4 is 23.2 Å². The van der Waals surface area contributed by atoms with Crippen LogP contribution in [0.4, 0.5) is 17.6 Å². The number of likely N-dealkylation sites (tertiary alicyclic amines) is 1. The maximum absolute atomic E-state index is 13.7. The lowest BCUT2D eigenvalue weighted by atomic mass is 10.1. The number of fused-ring (bicyclic) bond motifs is 1. The molecular weight excluding hydrogens is 424 g/mol. The summed E-state index contributed by atoms with van der Waals surface area (Å²) in [7, 11) is 0. The first-order valence-corrected chi connectivity index (χ1v) is 9.85. The molecule has 0 saturated carbocycles. The van der Waals surface area contributed by atoms with E-state index in [0.29, 0.717) is 17.6 Å². The van der Waals surface area contributed by atoms with Crippen molar-refractivity contribution in [2.45, 2.75) is 31.9 Å². The summed E-state index contributed by atoms with van der Waals surface area (Å²) in [5.41, 5.74) is -1.42. The van der Waals surface area contributed by atoms with Crippen molar-refractivity contribution in [1.29, 1.82) is 0 Å². The standard InChI is InChI=1S/C20H17ClF4N4O/c21-16-17(19(30)28-9-3-1-2-4-10-28)27-29-15(20(23,24)25)11-14(26-18(16)29)12-5-7-13(22)8-6-12/h5-8,11H,1-4,9-10H2. The Hall–Kier alpha value is -2.68. The maximum atomic E-state index is 13.7. The first kappa shape index (κ1) is 20.6. The van der Waals surface area contributed by atoms with Crippen molar-refractivity contribution < 1.29 is 22.4 Å². The highest BCUT2D eigenvalue weighted by atomic mass is 35.5. The number of amides is 1. The normalized spacial score (nSPS) is 15.4. The number of nitrogens with zero attached hydrogens (tertiary/aromatic N) is 4. The van der Waals surface area contributed by atoms with Gasteiger partial charge < -0.3 is 4.90 Å². The maximum Gasteiger partial charge on any atom is 0.433 e. The fourth-order valence-corrected chi connectivity index (χ4v) is 3.76. The lowest BCUT2D eigenvalue weighted by Gasteiger charge is -2.18. The van der Waals surface area contributed by atoms with Gasteiger partial charge in [0.1, 0.15) is 10.8 Å². The van der Waals surface area contributed by atoms with Crippen molar-refractivity contribution in [2.75, 3.05) is 13.1 Å². The third-order valence-corrected chi connectivity index (χ3v) is 5.41. The van der Waals surface area contributed by atoms with E-state index in [1.807, 2.05) is 0 Å². The molecule has 0 N–H and O–H groups in total. The number of alkyl halides is 3. The second-order valence-corrected chi connectivity index (χ2v) is 7.51. The quantitative estimate of drug-likeness (QED) is 0.513. The van der Waals surface area contributed by atoms with Crippen LogP contribution in [0.5, 0.6) is 0 Å². The summed E-state index contributed by atoms with van der Waals surface area (Å²) in [6.07, 6.45) is -1.16. The Morgan fingerprint density at radius 3 is 2.27 bits per heavy atom. The van der Waals surface area contributed by atoms with Crippen LogP contribution in [-0.2, 0) is 6.18 Å². The number of hydrogen-bond donors (Lipinski definition) is 0. The van der Waals surface area contributed by atoms with E-state index in [4.69, 9.17) is 11.6 Å². The van der Waals surface area contributed by atoms with Crippen LogP contribution in [0.1, 0.15) is 41.9 Å². The van der Waals surface area contributed by atoms with Crippen molar-refractivity contribution in [3.8, 4) is 11.3 Å². The van der Waals surface area contributed by atoms with Crippen LogP contribution in [0, 0.1) is 5.82 Å². The predicted molar refractivity (Wildman–Crippen MR) is 103 cm³/mol. The Kier molecular flexibility index (Phi) is 5.40. The minimum atomic E-state index is -4.77. The van der Waals surface area contributed by atoms with Crippen LogP contribution in [0.15, 0.2) is 30.3 Å². The summed E-state index contributed by atoms with van der Waals surface area (Å²) in [5, 5.41) is 3.65. The number of carbonyl (C=O) groups excluding carboxylic acids is 1. The zero-order chi connectivity index (χ0) is 21.5. The van der Waals surface area contributed by atoms with Gasteiger partial charge in [0.05, 0.1) is 5.69 Å². The molecule has 158 valence electrons. The third kappa shape index (κ3) is 3.86. The van der Waals surface area contributed by atoms with E-state index in [1.54, 1.807) is 4.90 Å². The van der Waals surface area contributed by atoms with Gasteiger partial charge in [-0.3, -0.25) is 4.79 Å². The van der Waals surface area contributed by atoms with E-state index in [2.05, 4.69) is 10.1 Å². The second kappa shape index (κ2) is 7.86. The largest absolute Gasteiger partial charge is 0.433 e. The molecule has 1 aliphatic rings. The Balaban J connectivity index is 1.86. The van der Waals surface area contributed by atoms with Crippen LogP contribution in [0.25, 0.3) is 16.9 Å². The molecule has 30 heavy (non-hydrogen) atoms. The van der Waals surface area contributed by atoms with E-state index in [9.17, 15) is 22.4 Å². The SMILES string of the molecule is O=C(c1nn2c(C(F)(F)F)cc(-c3ccc(F)cc3)nc2c1Cl)N1CCCCCC1. The topological polar surface area (TPSA) is 50.5 Å². The van der Waals surface area contributed by atoms with Crippen molar-refractivity contribution in [1.82, 2.24) is 19.5 Å². The molecule has 10 heteroatoms. The Labute approximate surface area is 174 Å². The number of rotatable bonds is 2. The molecule has 1 fully saturated rings. The number of benzene rings is 1. The molecule has 0 aliphatic carbocycles. The highest BCUT2D eigenvalue weighted by Gasteiger charge is 2.37. The van der Waals surface area contributed by atoms with Crippen LogP contribution in [0.2, 0.25) is 5.02 Å². The van der Waals surface area contributed by atoms with Gasteiger partial charge in [-0.1, -0.05) is 24.4 Å². The molecule has 3 heterocycles. The Morgan fingerprint density at radius 2 is 1.67 bits per heavy atom. The number of halogens is 5. The molecule has 4 rings (SSSR count). The van der Waals surface area contributed by atoms with E-state index in [1.165, 1.54) is 12.1 Å². The molecular formula is C20H17ClF4N4O. The molecule has 1 aromatic carbocycles. The second-order valence-electron chi connectivity index (χ2n) is 7.14. The zero-order valence-electron chi connectivity index (χ0n) is 15.7. The van der Waals surface area contributed by atoms with E-state index >= 15 is 0 Å². The molecule has 0 bridgehead atoms. The van der Waals surface area contributed by atoms with Gasteiger partial charge in [-0.25, -0.2) is 13.9 Å². The molecule has 0 spiro atoms. The number of hydrogen-bond acceptors (Lipinski definition) is 3. The first-order valence-electron chi connectivity index (χ1n) is 9.47. The number of aromatic nitrogens is 3. The lowest BCUT2D eigenvalue weighted by Crippen LogP contribution is -2.32. The average Bonchev–Trinajstić information content (AvgIpc) is 2.88. The first-order chi connectivity index (χ1) is 14.3. The molecule has 3 aromatic rings. The van der Waals surface area contributed by atoms with E-state index in [0.717, 1.165) is 43.9 Å². The van der Waals surface area contributed by atoms with Gasteiger partial charge in [0.2, 0.25) is 0 Å². The minimum Gasteiger partial charge on any atom is -0.337 e. The predicted octanol–water partition coefficient (Wildman–Crippen LogP) is 5.22. The summed E-state index contributed by atoms with van der Waals surface area (Å²) in [6.45, 7) is 1.01. The number of carbonyl (C=O) groups is 1. The Morgan fingerprint density at radius 1 is 1.03 bits per heavy atom. The third-order valence-electron chi connectivity index (χ3n) is 5.06. The van der Waals surface area contributed by atoms with Gasteiger partial charge in [-0.05, 0) is 43.2 Å². The van der Waals surface area contributed by atoms with Crippen molar-refractivity contribution in [3.63, 3.8) is 0 Å². The van der Waals surface area contributed by atoms with Gasteiger partial charge in [-0.2, -0.15) is 18.3 Å². The van der Waals surface area contributed by atoms with Gasteiger partial charge in [0.15, 0.2) is 17.0 Å². The van der Waals surface area contributed by atoms with Gasteiger partial charge in [0.25, 0.3) is 5.91 Å². The highest BCUT2D eigenvalue weighted by molar-refractivity contribution is 6.36. The van der Waals surface area contributed by atoms with Gasteiger partial charge in [0, 0.05) is 18.7 Å². The minimum absolute atomic E-state index is 0.0506. The molecule has 0 atom stereocenters. The summed E-state index contributed by atoms with van der Waals surface area (Å²) in [5.74, 6) is -1.03. The summed E-state index contributed by atoms with van der Waals surface area (Å²) >= 11 is 6.30. The van der Waals surface area contributed by atoms with E-state index < -0.39 is 23.6 Å². The van der Waals surface area contributed by atoms with Crippen molar-refractivity contribution in [2.24, 2.45) is 0 Å². The van der Waals surface area contributed by atoms with Gasteiger partial charge in [-0.15, -0.1) is 0 Å². The smallest absolute Gasteiger partial charge is 0.337 e. The molecule has 0 radical (unpaired) electrons. The van der Waals surface area contributed by atoms with Crippen LogP contribution in [-0.4, -0.2) is 38.5 Å². The highest BCUT2D eigenvalue weighted by Crippen LogP contribution is 2.35. The van der Waals surface area contributed by atoms with Crippen LogP contribution >= 0.6 is 11.6 Å². The summed E-state index contributed by atoms with van der Waals surface area (Å²) in [6, 6.07) is 5.70. The monoisotopic (exact) mass is 440 g/mol. The van der Waals surface area contributed by atoms with Gasteiger partial charge >= 0.3 is 6.18 Å². The van der Waals surface area contributed by atoms with Crippen LogP contribution in [0.3, 0.4) is 0 Å².